The van der Waals surface area contributed by atoms with Gasteiger partial charge in [-0.2, -0.15) is 0 Å². The third kappa shape index (κ3) is 5.38. The number of nitrogens with zero attached hydrogens (tertiary/aromatic N) is 1. The molecule has 0 bridgehead atoms. The van der Waals surface area contributed by atoms with Crippen molar-refractivity contribution in [2.75, 3.05) is 25.1 Å². The fraction of sp³-hybridized carbons (Fsp3) is 0.263. The van der Waals surface area contributed by atoms with Crippen LogP contribution < -0.4 is 15.0 Å². The highest BCUT2D eigenvalue weighted by Gasteiger charge is 2.19. The van der Waals surface area contributed by atoms with Crippen molar-refractivity contribution in [1.82, 2.24) is 5.32 Å². The summed E-state index contributed by atoms with van der Waals surface area (Å²) < 4.78 is 5.18. The van der Waals surface area contributed by atoms with E-state index in [1.165, 1.54) is 11.8 Å². The van der Waals surface area contributed by atoms with Gasteiger partial charge in [0.1, 0.15) is 12.3 Å². The monoisotopic (exact) mass is 394 g/mol. The number of halogens is 2. The van der Waals surface area contributed by atoms with Crippen LogP contribution in [0.25, 0.3) is 0 Å². The fourth-order valence-electron chi connectivity index (χ4n) is 2.44. The third-order valence-corrected chi connectivity index (χ3v) is 4.58. The summed E-state index contributed by atoms with van der Waals surface area (Å²) in [7, 11) is 1.61. The Morgan fingerprint density at radius 3 is 2.58 bits per heavy atom. The van der Waals surface area contributed by atoms with Gasteiger partial charge in [-0.3, -0.25) is 9.59 Å². The maximum absolute atomic E-state index is 12.2. The van der Waals surface area contributed by atoms with E-state index in [1.807, 2.05) is 24.3 Å². The van der Waals surface area contributed by atoms with E-state index < -0.39 is 0 Å². The number of ether oxygens (including phenoxy) is 1. The van der Waals surface area contributed by atoms with Crippen LogP contribution in [0.3, 0.4) is 0 Å². The number of hydrogen-bond acceptors (Lipinski definition) is 3. The van der Waals surface area contributed by atoms with Gasteiger partial charge in [-0.15, -0.1) is 0 Å². The van der Waals surface area contributed by atoms with E-state index in [1.54, 1.807) is 25.3 Å². The van der Waals surface area contributed by atoms with Crippen LogP contribution in [-0.4, -0.2) is 32.0 Å². The number of anilines is 1. The molecule has 2 aromatic rings. The Bertz CT molecular complexity index is 796. The second-order valence-corrected chi connectivity index (χ2v) is 6.41. The number of rotatable bonds is 7. The lowest BCUT2D eigenvalue weighted by Crippen LogP contribution is -2.40. The zero-order chi connectivity index (χ0) is 19.1. The Kier molecular flexibility index (Phi) is 7.30. The maximum atomic E-state index is 12.2. The second kappa shape index (κ2) is 9.46. The average molecular weight is 395 g/mol. The predicted octanol–water partition coefficient (Wildman–Crippen LogP) is 3.71. The molecule has 0 aliphatic rings. The Labute approximate surface area is 162 Å². The van der Waals surface area contributed by atoms with Crippen molar-refractivity contribution in [3.63, 3.8) is 0 Å². The third-order valence-electron chi connectivity index (χ3n) is 3.77. The smallest absolute Gasteiger partial charge is 0.240 e. The molecule has 2 amide bonds. The fourth-order valence-corrected chi connectivity index (χ4v) is 2.84. The van der Waals surface area contributed by atoms with Crippen molar-refractivity contribution in [3.8, 4) is 5.75 Å². The van der Waals surface area contributed by atoms with Gasteiger partial charge >= 0.3 is 0 Å². The van der Waals surface area contributed by atoms with E-state index in [0.717, 1.165) is 11.3 Å². The molecule has 0 fully saturated rings. The SMILES string of the molecule is COc1cccc(CCNC(=O)CN(C(C)=O)c2cccc(Cl)c2Cl)c1. The van der Waals surface area contributed by atoms with E-state index in [9.17, 15) is 9.59 Å². The normalized spacial score (nSPS) is 10.3. The molecule has 2 rings (SSSR count). The highest BCUT2D eigenvalue weighted by Crippen LogP contribution is 2.32. The van der Waals surface area contributed by atoms with Crippen LogP contribution in [0.4, 0.5) is 5.69 Å². The molecule has 1 N–H and O–H groups in total. The molecular formula is C19H20Cl2N2O3. The molecule has 0 heterocycles. The van der Waals surface area contributed by atoms with Crippen LogP contribution in [0.15, 0.2) is 42.5 Å². The quantitative estimate of drug-likeness (QED) is 0.778. The first-order valence-corrected chi connectivity index (χ1v) is 8.79. The molecule has 0 radical (unpaired) electrons. The van der Waals surface area contributed by atoms with Crippen molar-refractivity contribution < 1.29 is 14.3 Å². The molecule has 0 saturated carbocycles. The zero-order valence-corrected chi connectivity index (χ0v) is 16.1. The van der Waals surface area contributed by atoms with Crippen molar-refractivity contribution >= 4 is 40.7 Å². The minimum Gasteiger partial charge on any atom is -0.497 e. The van der Waals surface area contributed by atoms with Crippen molar-refractivity contribution in [2.45, 2.75) is 13.3 Å². The zero-order valence-electron chi connectivity index (χ0n) is 14.6. The van der Waals surface area contributed by atoms with Gasteiger partial charge < -0.3 is 15.0 Å². The van der Waals surface area contributed by atoms with Crippen LogP contribution in [0, 0.1) is 0 Å². The Morgan fingerprint density at radius 2 is 1.88 bits per heavy atom. The van der Waals surface area contributed by atoms with Crippen LogP contribution in [0.1, 0.15) is 12.5 Å². The average Bonchev–Trinajstić information content (AvgIpc) is 2.62. The number of methoxy groups -OCH3 is 1. The summed E-state index contributed by atoms with van der Waals surface area (Å²) in [6.07, 6.45) is 0.654. The molecule has 0 spiro atoms. The van der Waals surface area contributed by atoms with Crippen LogP contribution in [0.5, 0.6) is 5.75 Å². The van der Waals surface area contributed by atoms with Gasteiger partial charge in [0.2, 0.25) is 11.8 Å². The topological polar surface area (TPSA) is 58.6 Å². The summed E-state index contributed by atoms with van der Waals surface area (Å²) in [6.45, 7) is 1.69. The number of benzene rings is 2. The second-order valence-electron chi connectivity index (χ2n) is 5.63. The molecule has 0 aliphatic carbocycles. The van der Waals surface area contributed by atoms with Crippen LogP contribution in [-0.2, 0) is 16.0 Å². The van der Waals surface area contributed by atoms with E-state index in [-0.39, 0.29) is 23.4 Å². The van der Waals surface area contributed by atoms with E-state index >= 15 is 0 Å². The summed E-state index contributed by atoms with van der Waals surface area (Å²) >= 11 is 12.2. The lowest BCUT2D eigenvalue weighted by atomic mass is 10.1. The molecule has 0 aliphatic heterocycles. The Morgan fingerprint density at radius 1 is 1.15 bits per heavy atom. The number of hydrogen-bond donors (Lipinski definition) is 1. The summed E-state index contributed by atoms with van der Waals surface area (Å²) in [5.74, 6) is 0.198. The van der Waals surface area contributed by atoms with E-state index in [4.69, 9.17) is 27.9 Å². The van der Waals surface area contributed by atoms with E-state index in [2.05, 4.69) is 5.32 Å². The molecule has 0 unspecified atom stereocenters. The number of carbonyl (C=O) groups is 2. The predicted molar refractivity (Wildman–Crippen MR) is 104 cm³/mol. The van der Waals surface area contributed by atoms with Gasteiger partial charge in [-0.05, 0) is 36.2 Å². The summed E-state index contributed by atoms with van der Waals surface area (Å²) in [6, 6.07) is 12.6. The standard InChI is InChI=1S/C19H20Cl2N2O3/c1-13(24)23(17-8-4-7-16(20)19(17)21)12-18(25)22-10-9-14-5-3-6-15(11-14)26-2/h3-8,11H,9-10,12H2,1-2H3,(H,22,25). The molecule has 2 aromatic carbocycles. The Balaban J connectivity index is 1.95. The number of carbonyl (C=O) groups excluding carboxylic acids is 2. The first-order chi connectivity index (χ1) is 12.4. The molecule has 0 aromatic heterocycles. The van der Waals surface area contributed by atoms with E-state index in [0.29, 0.717) is 23.7 Å². The molecule has 7 heteroatoms. The first-order valence-electron chi connectivity index (χ1n) is 8.04. The van der Waals surface area contributed by atoms with Crippen molar-refractivity contribution in [1.29, 1.82) is 0 Å². The molecular weight excluding hydrogens is 375 g/mol. The van der Waals surface area contributed by atoms with Crippen molar-refractivity contribution in [3.05, 3.63) is 58.1 Å². The minimum atomic E-state index is -0.294. The maximum Gasteiger partial charge on any atom is 0.240 e. The van der Waals surface area contributed by atoms with Gasteiger partial charge in [0.15, 0.2) is 0 Å². The molecule has 0 atom stereocenters. The van der Waals surface area contributed by atoms with Gasteiger partial charge in [-0.1, -0.05) is 41.4 Å². The highest BCUT2D eigenvalue weighted by molar-refractivity contribution is 6.44. The molecule has 138 valence electrons. The van der Waals surface area contributed by atoms with Gasteiger partial charge in [0.05, 0.1) is 22.8 Å². The molecule has 26 heavy (non-hydrogen) atoms. The molecule has 5 nitrogen and oxygen atoms in total. The number of nitrogens with one attached hydrogen (secondary N) is 1. The van der Waals surface area contributed by atoms with Gasteiger partial charge in [0.25, 0.3) is 0 Å². The van der Waals surface area contributed by atoms with Gasteiger partial charge in [0, 0.05) is 13.5 Å². The Hall–Kier alpha value is -2.24. The largest absolute Gasteiger partial charge is 0.497 e. The first kappa shape index (κ1) is 20.1. The summed E-state index contributed by atoms with van der Waals surface area (Å²) in [4.78, 5) is 25.5. The molecule has 0 saturated heterocycles. The van der Waals surface area contributed by atoms with Crippen molar-refractivity contribution in [2.24, 2.45) is 0 Å². The summed E-state index contributed by atoms with van der Waals surface area (Å²) in [5.41, 5.74) is 1.46. The highest BCUT2D eigenvalue weighted by atomic mass is 35.5. The van der Waals surface area contributed by atoms with Crippen LogP contribution in [0.2, 0.25) is 10.0 Å². The lowest BCUT2D eigenvalue weighted by molar-refractivity contribution is -0.123. The lowest BCUT2D eigenvalue weighted by Gasteiger charge is -2.22. The van der Waals surface area contributed by atoms with Crippen LogP contribution >= 0.6 is 23.2 Å². The minimum absolute atomic E-state index is 0.131. The summed E-state index contributed by atoms with van der Waals surface area (Å²) in [5, 5.41) is 3.38. The van der Waals surface area contributed by atoms with Gasteiger partial charge in [-0.25, -0.2) is 0 Å². The number of amides is 2.